The molecular weight excluding hydrogens is 232 g/mol. The third kappa shape index (κ3) is 1.69. The maximum absolute atomic E-state index is 9.88. The number of aliphatic hydroxyl groups is 1. The van der Waals surface area contributed by atoms with Gasteiger partial charge in [-0.1, -0.05) is 34.1 Å². The lowest BCUT2D eigenvalue weighted by atomic mass is 9.53. The Hall–Kier alpha value is -0.0400. The van der Waals surface area contributed by atoms with E-state index < -0.39 is 0 Å². The Kier molecular flexibility index (Phi) is 3.10. The van der Waals surface area contributed by atoms with E-state index in [1.54, 1.807) is 0 Å². The molecule has 0 aliphatic heterocycles. The van der Waals surface area contributed by atoms with Crippen LogP contribution in [0.25, 0.3) is 0 Å². The minimum atomic E-state index is -0.0147. The maximum Gasteiger partial charge on any atom is 0.0540 e. The molecule has 3 aliphatic carbocycles. The van der Waals surface area contributed by atoms with Crippen molar-refractivity contribution in [2.24, 2.45) is 28.1 Å². The molecule has 2 bridgehead atoms. The summed E-state index contributed by atoms with van der Waals surface area (Å²) < 4.78 is 0. The second kappa shape index (κ2) is 4.23. The summed E-state index contributed by atoms with van der Waals surface area (Å²) in [6.07, 6.45) is 10.3. The molecule has 1 nitrogen and oxygen atoms in total. The van der Waals surface area contributed by atoms with Gasteiger partial charge in [-0.15, -0.1) is 0 Å². The van der Waals surface area contributed by atoms with Gasteiger partial charge in [-0.3, -0.25) is 0 Å². The van der Waals surface area contributed by atoms with Gasteiger partial charge in [0.15, 0.2) is 0 Å². The normalized spacial score (nSPS) is 52.6. The number of hydrogen-bond donors (Lipinski definition) is 1. The summed E-state index contributed by atoms with van der Waals surface area (Å²) in [5.74, 6) is 1.86. The molecule has 0 aromatic heterocycles. The van der Waals surface area contributed by atoms with Gasteiger partial charge in [0.05, 0.1) is 6.10 Å². The van der Waals surface area contributed by atoms with Crippen molar-refractivity contribution in [3.8, 4) is 0 Å². The lowest BCUT2D eigenvalue weighted by Gasteiger charge is -2.52. The maximum atomic E-state index is 9.88. The molecule has 0 spiro atoms. The van der Waals surface area contributed by atoms with Crippen LogP contribution in [-0.2, 0) is 0 Å². The summed E-state index contributed by atoms with van der Waals surface area (Å²) in [7, 11) is 0. The first-order valence-corrected chi connectivity index (χ1v) is 8.54. The summed E-state index contributed by atoms with van der Waals surface area (Å²) in [4.78, 5) is 0. The predicted molar refractivity (Wildman–Crippen MR) is 79.9 cm³/mol. The van der Waals surface area contributed by atoms with Gasteiger partial charge in [-0.2, -0.15) is 0 Å². The van der Waals surface area contributed by atoms with Gasteiger partial charge in [0.25, 0.3) is 0 Å². The van der Waals surface area contributed by atoms with E-state index in [9.17, 15) is 5.11 Å². The minimum Gasteiger partial charge on any atom is -0.393 e. The van der Waals surface area contributed by atoms with Crippen molar-refractivity contribution < 1.29 is 5.11 Å². The van der Waals surface area contributed by atoms with Crippen LogP contribution in [0.5, 0.6) is 0 Å². The molecular formula is C18H32O. The molecule has 0 aromatic rings. The van der Waals surface area contributed by atoms with Gasteiger partial charge in [0.2, 0.25) is 0 Å². The molecule has 0 aromatic carbocycles. The van der Waals surface area contributed by atoms with E-state index in [0.29, 0.717) is 16.2 Å². The molecule has 3 fully saturated rings. The zero-order valence-corrected chi connectivity index (χ0v) is 13.3. The van der Waals surface area contributed by atoms with Gasteiger partial charge < -0.3 is 5.11 Å². The Bertz CT molecular complexity index is 351. The highest BCUT2D eigenvalue weighted by molar-refractivity contribution is 5.14. The summed E-state index contributed by atoms with van der Waals surface area (Å²) in [6.45, 7) is 10.1. The topological polar surface area (TPSA) is 20.2 Å². The largest absolute Gasteiger partial charge is 0.393 e. The molecule has 3 atom stereocenters. The standard InChI is InChI=1S/C18H32O/c1-5-18(10-7-14(19)8-11-18)15-12-13-6-9-17(15,4)16(13,2)3/h13-15,19H,5-12H2,1-4H3/t13-,14?,15-,17+,18?/m1/s1. The van der Waals surface area contributed by atoms with Crippen LogP contribution in [0.3, 0.4) is 0 Å². The lowest BCUT2D eigenvalue weighted by Crippen LogP contribution is -2.44. The van der Waals surface area contributed by atoms with E-state index in [1.807, 2.05) is 0 Å². The van der Waals surface area contributed by atoms with Crippen molar-refractivity contribution in [1.29, 1.82) is 0 Å². The average molecular weight is 264 g/mol. The third-order valence-corrected chi connectivity index (χ3v) is 8.19. The van der Waals surface area contributed by atoms with E-state index in [2.05, 4.69) is 27.7 Å². The first-order chi connectivity index (χ1) is 8.86. The molecule has 0 unspecified atom stereocenters. The number of aliphatic hydroxyl groups excluding tert-OH is 1. The monoisotopic (exact) mass is 264 g/mol. The van der Waals surface area contributed by atoms with Crippen LogP contribution in [-0.4, -0.2) is 11.2 Å². The van der Waals surface area contributed by atoms with E-state index in [-0.39, 0.29) is 6.10 Å². The molecule has 0 radical (unpaired) electrons. The van der Waals surface area contributed by atoms with Crippen LogP contribution in [0.2, 0.25) is 0 Å². The van der Waals surface area contributed by atoms with Crippen molar-refractivity contribution in [1.82, 2.24) is 0 Å². The highest BCUT2D eigenvalue weighted by Gasteiger charge is 2.65. The number of hydrogen-bond acceptors (Lipinski definition) is 1. The van der Waals surface area contributed by atoms with E-state index in [4.69, 9.17) is 0 Å². The fourth-order valence-electron chi connectivity index (χ4n) is 6.26. The summed E-state index contributed by atoms with van der Waals surface area (Å²) in [5.41, 5.74) is 1.63. The molecule has 3 rings (SSSR count). The molecule has 1 N–H and O–H groups in total. The summed E-state index contributed by atoms with van der Waals surface area (Å²) in [5, 5.41) is 9.88. The molecule has 3 saturated carbocycles. The zero-order valence-electron chi connectivity index (χ0n) is 13.3. The molecule has 3 aliphatic rings. The molecule has 0 saturated heterocycles. The van der Waals surface area contributed by atoms with Crippen molar-refractivity contribution >= 4 is 0 Å². The molecule has 110 valence electrons. The van der Waals surface area contributed by atoms with Gasteiger partial charge in [0.1, 0.15) is 0 Å². The van der Waals surface area contributed by atoms with Gasteiger partial charge in [0, 0.05) is 0 Å². The first-order valence-electron chi connectivity index (χ1n) is 8.54. The fourth-order valence-corrected chi connectivity index (χ4v) is 6.26. The van der Waals surface area contributed by atoms with E-state index in [1.165, 1.54) is 38.5 Å². The third-order valence-electron chi connectivity index (χ3n) is 8.19. The van der Waals surface area contributed by atoms with Crippen LogP contribution >= 0.6 is 0 Å². The van der Waals surface area contributed by atoms with Crippen LogP contribution in [0.1, 0.15) is 79.1 Å². The van der Waals surface area contributed by atoms with Crippen LogP contribution < -0.4 is 0 Å². The zero-order chi connectivity index (χ0) is 13.9. The SMILES string of the molecule is CCC1([C@@H]2C[C@H]3CC[C@]2(C)C3(C)C)CCC(O)CC1. The summed E-state index contributed by atoms with van der Waals surface area (Å²) >= 11 is 0. The Balaban J connectivity index is 1.90. The number of fused-ring (bicyclic) bond motifs is 2. The quantitative estimate of drug-likeness (QED) is 0.761. The average Bonchev–Trinajstić information content (AvgIpc) is 2.73. The predicted octanol–water partition coefficient (Wildman–Crippen LogP) is 4.78. The van der Waals surface area contributed by atoms with E-state index in [0.717, 1.165) is 24.7 Å². The molecule has 1 heteroatoms. The van der Waals surface area contributed by atoms with Crippen LogP contribution in [0.15, 0.2) is 0 Å². The van der Waals surface area contributed by atoms with Crippen molar-refractivity contribution in [3.05, 3.63) is 0 Å². The highest BCUT2D eigenvalue weighted by Crippen LogP contribution is 2.73. The second-order valence-electron chi connectivity index (χ2n) is 8.61. The van der Waals surface area contributed by atoms with E-state index >= 15 is 0 Å². The molecule has 0 amide bonds. The van der Waals surface area contributed by atoms with Crippen molar-refractivity contribution in [3.63, 3.8) is 0 Å². The smallest absolute Gasteiger partial charge is 0.0540 e. The van der Waals surface area contributed by atoms with Crippen molar-refractivity contribution in [2.45, 2.75) is 85.2 Å². The van der Waals surface area contributed by atoms with Gasteiger partial charge in [-0.25, -0.2) is 0 Å². The molecule has 19 heavy (non-hydrogen) atoms. The second-order valence-corrected chi connectivity index (χ2v) is 8.61. The van der Waals surface area contributed by atoms with Crippen LogP contribution in [0.4, 0.5) is 0 Å². The fraction of sp³-hybridized carbons (Fsp3) is 1.00. The van der Waals surface area contributed by atoms with Crippen molar-refractivity contribution in [2.75, 3.05) is 0 Å². The molecule has 0 heterocycles. The highest BCUT2D eigenvalue weighted by atomic mass is 16.3. The Labute approximate surface area is 119 Å². The number of rotatable bonds is 2. The Morgan fingerprint density at radius 3 is 2.05 bits per heavy atom. The van der Waals surface area contributed by atoms with Gasteiger partial charge >= 0.3 is 0 Å². The Morgan fingerprint density at radius 2 is 1.63 bits per heavy atom. The minimum absolute atomic E-state index is 0.0147. The van der Waals surface area contributed by atoms with Crippen LogP contribution in [0, 0.1) is 28.1 Å². The van der Waals surface area contributed by atoms with Gasteiger partial charge in [-0.05, 0) is 73.0 Å². The Morgan fingerprint density at radius 1 is 1.00 bits per heavy atom. The lowest BCUT2D eigenvalue weighted by molar-refractivity contribution is -0.0437. The first kappa shape index (κ1) is 13.9. The summed E-state index contributed by atoms with van der Waals surface area (Å²) in [6, 6.07) is 0.